The number of halogens is 1. The van der Waals surface area contributed by atoms with Gasteiger partial charge in [0, 0.05) is 12.4 Å². The highest BCUT2D eigenvalue weighted by Crippen LogP contribution is 2.12. The van der Waals surface area contributed by atoms with E-state index < -0.39 is 5.91 Å². The summed E-state index contributed by atoms with van der Waals surface area (Å²) in [5.74, 6) is 0.365. The lowest BCUT2D eigenvalue weighted by Crippen LogP contribution is -2.17. The number of ether oxygens (including phenoxy) is 1. The summed E-state index contributed by atoms with van der Waals surface area (Å²) in [5.41, 5.74) is 4.18. The molecule has 116 valence electrons. The number of nitrogens with zero attached hydrogens (tertiary/aromatic N) is 3. The molecule has 1 amide bonds. The number of methoxy groups -OCH3 is 1. The van der Waals surface area contributed by atoms with Gasteiger partial charge < -0.3 is 9.14 Å². The SMILES string of the molecule is COc1ccc(C=NNC(=O)c2cn3cc(Cl)ccc3n2)cc1. The summed E-state index contributed by atoms with van der Waals surface area (Å²) in [6.07, 6.45) is 4.82. The number of pyridine rings is 1. The first kappa shape index (κ1) is 15.1. The van der Waals surface area contributed by atoms with E-state index in [9.17, 15) is 4.79 Å². The lowest BCUT2D eigenvalue weighted by molar-refractivity contribution is 0.0951. The maximum atomic E-state index is 12.0. The molecule has 0 aliphatic carbocycles. The molecular weight excluding hydrogens is 316 g/mol. The van der Waals surface area contributed by atoms with Crippen LogP contribution in [0.25, 0.3) is 5.65 Å². The highest BCUT2D eigenvalue weighted by molar-refractivity contribution is 6.30. The van der Waals surface area contributed by atoms with Gasteiger partial charge >= 0.3 is 0 Å². The van der Waals surface area contributed by atoms with Crippen LogP contribution in [0, 0.1) is 0 Å². The number of nitrogens with one attached hydrogen (secondary N) is 1. The average molecular weight is 329 g/mol. The van der Waals surface area contributed by atoms with Crippen molar-refractivity contribution in [2.75, 3.05) is 7.11 Å². The topological polar surface area (TPSA) is 68.0 Å². The maximum absolute atomic E-state index is 12.0. The van der Waals surface area contributed by atoms with Crippen LogP contribution >= 0.6 is 11.6 Å². The molecule has 0 saturated carbocycles. The first-order chi connectivity index (χ1) is 11.2. The Morgan fingerprint density at radius 3 is 2.78 bits per heavy atom. The van der Waals surface area contributed by atoms with E-state index in [-0.39, 0.29) is 5.69 Å². The van der Waals surface area contributed by atoms with Crippen LogP contribution in [-0.2, 0) is 0 Å². The second-order valence-corrected chi connectivity index (χ2v) is 5.15. The Morgan fingerprint density at radius 2 is 2.04 bits per heavy atom. The van der Waals surface area contributed by atoms with Crippen LogP contribution in [0.2, 0.25) is 5.02 Å². The van der Waals surface area contributed by atoms with E-state index >= 15 is 0 Å². The number of hydrogen-bond acceptors (Lipinski definition) is 4. The van der Waals surface area contributed by atoms with Crippen molar-refractivity contribution in [2.45, 2.75) is 0 Å². The average Bonchev–Trinajstić information content (AvgIpc) is 2.98. The number of carbonyl (C=O) groups excluding carboxylic acids is 1. The number of hydrazone groups is 1. The van der Waals surface area contributed by atoms with Crippen molar-refractivity contribution in [1.82, 2.24) is 14.8 Å². The third kappa shape index (κ3) is 3.49. The van der Waals surface area contributed by atoms with Crippen LogP contribution in [0.4, 0.5) is 0 Å². The summed E-state index contributed by atoms with van der Waals surface area (Å²) < 4.78 is 6.76. The van der Waals surface area contributed by atoms with Crippen LogP contribution in [-0.4, -0.2) is 28.6 Å². The summed E-state index contributed by atoms with van der Waals surface area (Å²) in [6.45, 7) is 0. The van der Waals surface area contributed by atoms with Gasteiger partial charge in [0.25, 0.3) is 5.91 Å². The van der Waals surface area contributed by atoms with Crippen molar-refractivity contribution in [2.24, 2.45) is 5.10 Å². The van der Waals surface area contributed by atoms with Crippen molar-refractivity contribution in [3.63, 3.8) is 0 Å². The molecule has 1 N–H and O–H groups in total. The molecule has 0 saturated heterocycles. The van der Waals surface area contributed by atoms with Crippen LogP contribution in [0.5, 0.6) is 5.75 Å². The third-order valence-electron chi connectivity index (χ3n) is 3.14. The molecule has 0 spiro atoms. The van der Waals surface area contributed by atoms with Crippen LogP contribution in [0.15, 0.2) is 53.9 Å². The highest BCUT2D eigenvalue weighted by Gasteiger charge is 2.09. The molecule has 0 aliphatic rings. The van der Waals surface area contributed by atoms with Gasteiger partial charge in [-0.15, -0.1) is 0 Å². The standard InChI is InChI=1S/C16H13ClN4O2/c1-23-13-5-2-11(3-6-13)8-18-20-16(22)14-10-21-9-12(17)4-7-15(21)19-14/h2-10H,1H3,(H,20,22). The second-order valence-electron chi connectivity index (χ2n) is 4.71. The Kier molecular flexibility index (Phi) is 4.25. The van der Waals surface area contributed by atoms with Gasteiger partial charge in [-0.1, -0.05) is 11.6 Å². The molecule has 0 bridgehead atoms. The molecule has 0 fully saturated rings. The zero-order valence-corrected chi connectivity index (χ0v) is 13.0. The van der Waals surface area contributed by atoms with Gasteiger partial charge in [0.15, 0.2) is 0 Å². The minimum atomic E-state index is -0.394. The lowest BCUT2D eigenvalue weighted by atomic mass is 10.2. The molecule has 0 atom stereocenters. The maximum Gasteiger partial charge on any atom is 0.291 e. The van der Waals surface area contributed by atoms with E-state index in [1.54, 1.807) is 42.3 Å². The van der Waals surface area contributed by atoms with Crippen molar-refractivity contribution in [3.05, 3.63) is 65.1 Å². The van der Waals surface area contributed by atoms with Gasteiger partial charge in [-0.2, -0.15) is 5.10 Å². The van der Waals surface area contributed by atoms with Crippen molar-refractivity contribution in [1.29, 1.82) is 0 Å². The van der Waals surface area contributed by atoms with E-state index in [2.05, 4.69) is 15.5 Å². The minimum Gasteiger partial charge on any atom is -0.497 e. The Labute approximate surface area is 137 Å². The van der Waals surface area contributed by atoms with Gasteiger partial charge in [0.2, 0.25) is 0 Å². The van der Waals surface area contributed by atoms with Gasteiger partial charge in [-0.05, 0) is 42.0 Å². The molecule has 23 heavy (non-hydrogen) atoms. The number of carbonyl (C=O) groups is 1. The molecule has 2 heterocycles. The molecule has 3 rings (SSSR count). The van der Waals surface area contributed by atoms with E-state index in [0.29, 0.717) is 10.7 Å². The van der Waals surface area contributed by atoms with Crippen LogP contribution in [0.3, 0.4) is 0 Å². The summed E-state index contributed by atoms with van der Waals surface area (Å²) in [5, 5.41) is 4.49. The van der Waals surface area contributed by atoms with E-state index in [0.717, 1.165) is 11.3 Å². The van der Waals surface area contributed by atoms with Crippen molar-refractivity contribution in [3.8, 4) is 5.75 Å². The molecule has 7 heteroatoms. The number of rotatable bonds is 4. The molecule has 0 unspecified atom stereocenters. The molecule has 1 aromatic carbocycles. The molecule has 0 aliphatic heterocycles. The lowest BCUT2D eigenvalue weighted by Gasteiger charge is -1.99. The zero-order valence-electron chi connectivity index (χ0n) is 12.2. The van der Waals surface area contributed by atoms with Crippen LogP contribution in [0.1, 0.15) is 16.1 Å². The Balaban J connectivity index is 1.68. The van der Waals surface area contributed by atoms with E-state index in [1.165, 1.54) is 0 Å². The number of aromatic nitrogens is 2. The first-order valence-electron chi connectivity index (χ1n) is 6.77. The molecule has 2 aromatic heterocycles. The quantitative estimate of drug-likeness (QED) is 0.591. The highest BCUT2D eigenvalue weighted by atomic mass is 35.5. The number of imidazole rings is 1. The summed E-state index contributed by atoms with van der Waals surface area (Å²) in [6, 6.07) is 10.8. The Bertz CT molecular complexity index is 871. The normalized spacial score (nSPS) is 11.0. The van der Waals surface area contributed by atoms with Crippen molar-refractivity contribution >= 4 is 29.4 Å². The Morgan fingerprint density at radius 1 is 1.26 bits per heavy atom. The smallest absolute Gasteiger partial charge is 0.291 e. The largest absolute Gasteiger partial charge is 0.497 e. The number of amides is 1. The predicted molar refractivity (Wildman–Crippen MR) is 88.3 cm³/mol. The molecule has 0 radical (unpaired) electrons. The summed E-state index contributed by atoms with van der Waals surface area (Å²) >= 11 is 5.90. The van der Waals surface area contributed by atoms with Crippen LogP contribution < -0.4 is 10.2 Å². The summed E-state index contributed by atoms with van der Waals surface area (Å²) in [4.78, 5) is 16.2. The van der Waals surface area contributed by atoms with Gasteiger partial charge in [0.1, 0.15) is 17.1 Å². The molecular formula is C16H13ClN4O2. The second kappa shape index (κ2) is 6.50. The molecule has 6 nitrogen and oxygen atoms in total. The fraction of sp³-hybridized carbons (Fsp3) is 0.0625. The fourth-order valence-corrected chi connectivity index (χ4v) is 2.15. The summed E-state index contributed by atoms with van der Waals surface area (Å²) in [7, 11) is 1.60. The van der Waals surface area contributed by atoms with Gasteiger partial charge in [-0.25, -0.2) is 10.4 Å². The zero-order chi connectivity index (χ0) is 16.2. The molecule has 3 aromatic rings. The van der Waals surface area contributed by atoms with E-state index in [1.807, 2.05) is 24.3 Å². The fourth-order valence-electron chi connectivity index (χ4n) is 1.99. The number of fused-ring (bicyclic) bond motifs is 1. The first-order valence-corrected chi connectivity index (χ1v) is 7.15. The van der Waals surface area contributed by atoms with Gasteiger partial charge in [0.05, 0.1) is 18.3 Å². The minimum absolute atomic E-state index is 0.263. The predicted octanol–water partition coefficient (Wildman–Crippen LogP) is 2.76. The van der Waals surface area contributed by atoms with E-state index in [4.69, 9.17) is 16.3 Å². The monoisotopic (exact) mass is 328 g/mol. The third-order valence-corrected chi connectivity index (χ3v) is 3.37. The Hall–Kier alpha value is -2.86. The van der Waals surface area contributed by atoms with Gasteiger partial charge in [-0.3, -0.25) is 4.79 Å². The number of benzene rings is 1. The van der Waals surface area contributed by atoms with Crippen molar-refractivity contribution < 1.29 is 9.53 Å². The number of hydrogen-bond donors (Lipinski definition) is 1.